The molecular weight excluding hydrogens is 110 g/mol. The lowest BCUT2D eigenvalue weighted by Crippen LogP contribution is -2.29. The molecule has 0 radical (unpaired) electrons. The molecule has 2 atom stereocenters. The fourth-order valence-corrected chi connectivity index (χ4v) is 1.36. The minimum atomic E-state index is 0.431. The van der Waals surface area contributed by atoms with Crippen LogP contribution in [0.5, 0.6) is 0 Å². The summed E-state index contributed by atoms with van der Waals surface area (Å²) in [5.74, 6) is 0.652. The maximum absolute atomic E-state index is 5.84. The Morgan fingerprint density at radius 3 is 2.89 bits per heavy atom. The van der Waals surface area contributed by atoms with Gasteiger partial charge in [0.05, 0.1) is 0 Å². The number of allylic oxidation sites excluding steroid dienone is 1. The Balaban J connectivity index is 2.46. The zero-order valence-electron chi connectivity index (χ0n) is 6.01. The van der Waals surface area contributed by atoms with Crippen molar-refractivity contribution in [2.45, 2.75) is 32.2 Å². The summed E-state index contributed by atoms with van der Waals surface area (Å²) in [5.41, 5.74) is 5.84. The summed E-state index contributed by atoms with van der Waals surface area (Å²) in [4.78, 5) is 0. The Kier molecular flexibility index (Phi) is 2.29. The van der Waals surface area contributed by atoms with Gasteiger partial charge in [0.1, 0.15) is 0 Å². The quantitative estimate of drug-likeness (QED) is 0.530. The fourth-order valence-electron chi connectivity index (χ4n) is 1.36. The van der Waals surface area contributed by atoms with Gasteiger partial charge in [0.15, 0.2) is 0 Å². The van der Waals surface area contributed by atoms with Crippen LogP contribution in [0, 0.1) is 5.92 Å². The van der Waals surface area contributed by atoms with E-state index in [1.165, 1.54) is 19.3 Å². The summed E-state index contributed by atoms with van der Waals surface area (Å²) in [7, 11) is 0. The molecule has 1 rings (SSSR count). The Bertz CT molecular complexity index is 107. The third-order valence-electron chi connectivity index (χ3n) is 2.07. The molecule has 0 aromatic carbocycles. The second-order valence-electron chi connectivity index (χ2n) is 2.74. The Morgan fingerprint density at radius 2 is 2.44 bits per heavy atom. The molecule has 0 fully saturated rings. The van der Waals surface area contributed by atoms with E-state index in [0.29, 0.717) is 12.0 Å². The lowest BCUT2D eigenvalue weighted by atomic mass is 9.89. The second kappa shape index (κ2) is 3.02. The highest BCUT2D eigenvalue weighted by atomic mass is 14.6. The van der Waals surface area contributed by atoms with Crippen LogP contribution < -0.4 is 5.73 Å². The first-order valence-electron chi connectivity index (χ1n) is 3.77. The summed E-state index contributed by atoms with van der Waals surface area (Å²) >= 11 is 0. The molecule has 0 aromatic rings. The van der Waals surface area contributed by atoms with Crippen molar-refractivity contribution in [1.82, 2.24) is 0 Å². The van der Waals surface area contributed by atoms with Crippen molar-refractivity contribution in [3.63, 3.8) is 0 Å². The van der Waals surface area contributed by atoms with Crippen molar-refractivity contribution in [1.29, 1.82) is 0 Å². The number of hydrogen-bond acceptors (Lipinski definition) is 1. The highest BCUT2D eigenvalue weighted by molar-refractivity contribution is 4.98. The van der Waals surface area contributed by atoms with Crippen LogP contribution in [0.3, 0.4) is 0 Å². The summed E-state index contributed by atoms with van der Waals surface area (Å²) in [6.07, 6.45) is 8.05. The van der Waals surface area contributed by atoms with E-state index in [4.69, 9.17) is 5.73 Å². The van der Waals surface area contributed by atoms with Gasteiger partial charge in [-0.1, -0.05) is 19.1 Å². The highest BCUT2D eigenvalue weighted by Gasteiger charge is 2.14. The molecular formula is C8H15N. The van der Waals surface area contributed by atoms with E-state index < -0.39 is 0 Å². The monoisotopic (exact) mass is 125 g/mol. The normalized spacial score (nSPS) is 34.9. The van der Waals surface area contributed by atoms with E-state index in [1.54, 1.807) is 0 Å². The van der Waals surface area contributed by atoms with Gasteiger partial charge in [-0.25, -0.2) is 0 Å². The van der Waals surface area contributed by atoms with Gasteiger partial charge in [-0.15, -0.1) is 0 Å². The first-order chi connectivity index (χ1) is 4.34. The fraction of sp³-hybridized carbons (Fsp3) is 0.750. The molecule has 2 N–H and O–H groups in total. The SMILES string of the molecule is CCC1C=CCCC1N. The van der Waals surface area contributed by atoms with Crippen LogP contribution in [-0.4, -0.2) is 6.04 Å². The third-order valence-corrected chi connectivity index (χ3v) is 2.07. The topological polar surface area (TPSA) is 26.0 Å². The molecule has 0 aromatic heterocycles. The molecule has 1 nitrogen and oxygen atoms in total. The molecule has 0 heterocycles. The minimum absolute atomic E-state index is 0.431. The average molecular weight is 125 g/mol. The van der Waals surface area contributed by atoms with Crippen LogP contribution in [0.4, 0.5) is 0 Å². The standard InChI is InChI=1S/C8H15N/c1-2-7-5-3-4-6-8(7)9/h3,5,7-8H,2,4,6,9H2,1H3. The molecule has 0 spiro atoms. The van der Waals surface area contributed by atoms with Crippen LogP contribution in [0.15, 0.2) is 12.2 Å². The van der Waals surface area contributed by atoms with Gasteiger partial charge in [0, 0.05) is 6.04 Å². The van der Waals surface area contributed by atoms with E-state index in [9.17, 15) is 0 Å². The lowest BCUT2D eigenvalue weighted by Gasteiger charge is -2.22. The molecule has 0 saturated carbocycles. The van der Waals surface area contributed by atoms with Crippen LogP contribution in [0.25, 0.3) is 0 Å². The molecule has 52 valence electrons. The third kappa shape index (κ3) is 1.55. The predicted molar refractivity (Wildman–Crippen MR) is 40.1 cm³/mol. The number of hydrogen-bond donors (Lipinski definition) is 1. The van der Waals surface area contributed by atoms with Crippen molar-refractivity contribution in [3.8, 4) is 0 Å². The molecule has 0 amide bonds. The van der Waals surface area contributed by atoms with E-state index in [2.05, 4.69) is 19.1 Å². The van der Waals surface area contributed by atoms with E-state index in [1.807, 2.05) is 0 Å². The molecule has 1 aliphatic rings. The summed E-state index contributed by atoms with van der Waals surface area (Å²) in [5, 5.41) is 0. The van der Waals surface area contributed by atoms with Crippen molar-refractivity contribution < 1.29 is 0 Å². The molecule has 0 saturated heterocycles. The summed E-state index contributed by atoms with van der Waals surface area (Å²) < 4.78 is 0. The van der Waals surface area contributed by atoms with E-state index in [-0.39, 0.29) is 0 Å². The largest absolute Gasteiger partial charge is 0.327 e. The van der Waals surface area contributed by atoms with Gasteiger partial charge in [0.25, 0.3) is 0 Å². The van der Waals surface area contributed by atoms with Gasteiger partial charge in [-0.3, -0.25) is 0 Å². The Hall–Kier alpha value is -0.300. The maximum atomic E-state index is 5.84. The Labute approximate surface area is 56.9 Å². The molecule has 0 bridgehead atoms. The van der Waals surface area contributed by atoms with Crippen molar-refractivity contribution in [2.24, 2.45) is 11.7 Å². The maximum Gasteiger partial charge on any atom is 0.0105 e. The lowest BCUT2D eigenvalue weighted by molar-refractivity contribution is 0.445. The van der Waals surface area contributed by atoms with Crippen molar-refractivity contribution in [3.05, 3.63) is 12.2 Å². The first-order valence-corrected chi connectivity index (χ1v) is 3.77. The van der Waals surface area contributed by atoms with Crippen LogP contribution in [-0.2, 0) is 0 Å². The van der Waals surface area contributed by atoms with Crippen LogP contribution in [0.2, 0.25) is 0 Å². The smallest absolute Gasteiger partial charge is 0.0105 e. The van der Waals surface area contributed by atoms with Gasteiger partial charge in [0.2, 0.25) is 0 Å². The molecule has 0 aliphatic heterocycles. The van der Waals surface area contributed by atoms with Crippen molar-refractivity contribution >= 4 is 0 Å². The summed E-state index contributed by atoms with van der Waals surface area (Å²) in [6, 6.07) is 0.431. The molecule has 1 heteroatoms. The second-order valence-corrected chi connectivity index (χ2v) is 2.74. The van der Waals surface area contributed by atoms with E-state index >= 15 is 0 Å². The highest BCUT2D eigenvalue weighted by Crippen LogP contribution is 2.18. The summed E-state index contributed by atoms with van der Waals surface area (Å²) in [6.45, 7) is 2.19. The van der Waals surface area contributed by atoms with Gasteiger partial charge >= 0.3 is 0 Å². The average Bonchev–Trinajstić information content (AvgIpc) is 1.89. The first kappa shape index (κ1) is 6.81. The zero-order valence-corrected chi connectivity index (χ0v) is 6.01. The zero-order chi connectivity index (χ0) is 6.69. The predicted octanol–water partition coefficient (Wildman–Crippen LogP) is 1.69. The molecule has 9 heavy (non-hydrogen) atoms. The number of rotatable bonds is 1. The Morgan fingerprint density at radius 1 is 1.67 bits per heavy atom. The molecule has 1 aliphatic carbocycles. The van der Waals surface area contributed by atoms with Gasteiger partial charge in [-0.2, -0.15) is 0 Å². The van der Waals surface area contributed by atoms with Gasteiger partial charge in [-0.05, 0) is 25.2 Å². The van der Waals surface area contributed by atoms with Gasteiger partial charge < -0.3 is 5.73 Å². The van der Waals surface area contributed by atoms with Crippen LogP contribution in [0.1, 0.15) is 26.2 Å². The van der Waals surface area contributed by atoms with Crippen LogP contribution >= 0.6 is 0 Å². The van der Waals surface area contributed by atoms with E-state index in [0.717, 1.165) is 0 Å². The molecule has 2 unspecified atom stereocenters. The minimum Gasteiger partial charge on any atom is -0.327 e. The number of nitrogens with two attached hydrogens (primary N) is 1. The van der Waals surface area contributed by atoms with Crippen molar-refractivity contribution in [2.75, 3.05) is 0 Å².